The number of benzene rings is 1. The lowest BCUT2D eigenvalue weighted by molar-refractivity contribution is -0.126. The lowest BCUT2D eigenvalue weighted by atomic mass is 9.96. The van der Waals surface area contributed by atoms with Gasteiger partial charge in [0, 0.05) is 19.0 Å². The third-order valence-corrected chi connectivity index (χ3v) is 5.56. The molecule has 1 aromatic carbocycles. The molecule has 0 radical (unpaired) electrons. The molecule has 0 bridgehead atoms. The topological polar surface area (TPSA) is 75.7 Å². The van der Waals surface area contributed by atoms with Crippen LogP contribution in [0, 0.1) is 5.92 Å². The monoisotopic (exact) mass is 376 g/mol. The molecule has 25 heavy (non-hydrogen) atoms. The summed E-state index contributed by atoms with van der Waals surface area (Å²) in [5.41, 5.74) is 0.767. The maximum atomic E-state index is 12.3. The zero-order valence-electron chi connectivity index (χ0n) is 14.1. The van der Waals surface area contributed by atoms with Crippen LogP contribution in [0.1, 0.15) is 31.4 Å². The van der Waals surface area contributed by atoms with Gasteiger partial charge in [-0.15, -0.1) is 0 Å². The van der Waals surface area contributed by atoms with Crippen molar-refractivity contribution in [2.45, 2.75) is 32.4 Å². The number of alkyl halides is 2. The summed E-state index contributed by atoms with van der Waals surface area (Å²) in [5.74, 6) is -0.305. The van der Waals surface area contributed by atoms with Gasteiger partial charge in [0.2, 0.25) is 15.9 Å². The number of nitrogens with zero attached hydrogens (tertiary/aromatic N) is 1. The van der Waals surface area contributed by atoms with Crippen molar-refractivity contribution >= 4 is 15.9 Å². The average molecular weight is 376 g/mol. The first-order valence-electron chi connectivity index (χ1n) is 7.97. The number of carbonyl (C=O) groups excluding carboxylic acids is 1. The molecule has 1 fully saturated rings. The molecule has 1 aromatic rings. The standard InChI is InChI=1S/C16H22F2N2O4S/c1-11(12-3-5-14(6-4-12)24-16(17)18)19-15(21)13-7-9-20(10-8-13)25(2,22)23/h3-6,11,13,16H,7-10H2,1-2H3,(H,19,21). The molecule has 1 atom stereocenters. The highest BCUT2D eigenvalue weighted by atomic mass is 32.2. The minimum absolute atomic E-state index is 0.0606. The molecule has 140 valence electrons. The first-order valence-corrected chi connectivity index (χ1v) is 9.82. The van der Waals surface area contributed by atoms with Crippen molar-refractivity contribution in [3.05, 3.63) is 29.8 Å². The Balaban J connectivity index is 1.88. The lowest BCUT2D eigenvalue weighted by Gasteiger charge is -2.30. The maximum absolute atomic E-state index is 12.3. The largest absolute Gasteiger partial charge is 0.435 e. The average Bonchev–Trinajstić information content (AvgIpc) is 2.54. The van der Waals surface area contributed by atoms with Gasteiger partial charge in [-0.2, -0.15) is 8.78 Å². The number of rotatable bonds is 6. The van der Waals surface area contributed by atoms with Crippen LogP contribution in [0.3, 0.4) is 0 Å². The molecule has 1 saturated heterocycles. The molecule has 2 rings (SSSR count). The molecule has 1 aliphatic rings. The Morgan fingerprint density at radius 2 is 1.80 bits per heavy atom. The third-order valence-electron chi connectivity index (χ3n) is 4.26. The maximum Gasteiger partial charge on any atom is 0.387 e. The Morgan fingerprint density at radius 1 is 1.24 bits per heavy atom. The van der Waals surface area contributed by atoms with Gasteiger partial charge in [-0.05, 0) is 37.5 Å². The van der Waals surface area contributed by atoms with E-state index in [-0.39, 0.29) is 23.6 Å². The number of ether oxygens (including phenoxy) is 1. The van der Waals surface area contributed by atoms with Gasteiger partial charge in [-0.3, -0.25) is 4.79 Å². The van der Waals surface area contributed by atoms with E-state index < -0.39 is 16.6 Å². The van der Waals surface area contributed by atoms with E-state index in [0.717, 1.165) is 11.8 Å². The highest BCUT2D eigenvalue weighted by Crippen LogP contribution is 2.22. The van der Waals surface area contributed by atoms with Gasteiger partial charge in [0.1, 0.15) is 5.75 Å². The van der Waals surface area contributed by atoms with Crippen LogP contribution >= 0.6 is 0 Å². The first-order chi connectivity index (χ1) is 11.7. The number of hydrogen-bond acceptors (Lipinski definition) is 4. The number of hydrogen-bond donors (Lipinski definition) is 1. The van der Waals surface area contributed by atoms with Crippen molar-refractivity contribution in [1.82, 2.24) is 9.62 Å². The molecule has 1 amide bonds. The minimum Gasteiger partial charge on any atom is -0.435 e. The summed E-state index contributed by atoms with van der Waals surface area (Å²) in [6.07, 6.45) is 2.12. The summed E-state index contributed by atoms with van der Waals surface area (Å²) in [6, 6.07) is 5.80. The van der Waals surface area contributed by atoms with E-state index in [9.17, 15) is 22.0 Å². The first kappa shape index (κ1) is 19.6. The fourth-order valence-corrected chi connectivity index (χ4v) is 3.68. The van der Waals surface area contributed by atoms with Crippen LogP contribution in [0.2, 0.25) is 0 Å². The summed E-state index contributed by atoms with van der Waals surface area (Å²) in [6.45, 7) is -0.400. The fourth-order valence-electron chi connectivity index (χ4n) is 2.80. The second kappa shape index (κ2) is 8.09. The van der Waals surface area contributed by atoms with Gasteiger partial charge < -0.3 is 10.1 Å². The van der Waals surface area contributed by atoms with E-state index in [0.29, 0.717) is 25.9 Å². The predicted molar refractivity (Wildman–Crippen MR) is 88.8 cm³/mol. The van der Waals surface area contributed by atoms with E-state index in [2.05, 4.69) is 10.1 Å². The van der Waals surface area contributed by atoms with Gasteiger partial charge in [0.15, 0.2) is 0 Å². The molecule has 0 saturated carbocycles. The highest BCUT2D eigenvalue weighted by molar-refractivity contribution is 7.88. The van der Waals surface area contributed by atoms with Crippen molar-refractivity contribution in [3.63, 3.8) is 0 Å². The number of amides is 1. The van der Waals surface area contributed by atoms with Crippen LogP contribution in [0.5, 0.6) is 5.75 Å². The molecule has 6 nitrogen and oxygen atoms in total. The van der Waals surface area contributed by atoms with Crippen LogP contribution in [-0.4, -0.2) is 44.6 Å². The molecule has 1 heterocycles. The van der Waals surface area contributed by atoms with Gasteiger partial charge in [-0.25, -0.2) is 12.7 Å². The molecule has 0 aromatic heterocycles. The molecular weight excluding hydrogens is 354 g/mol. The van der Waals surface area contributed by atoms with Crippen LogP contribution in [-0.2, 0) is 14.8 Å². The Kier molecular flexibility index (Phi) is 6.34. The highest BCUT2D eigenvalue weighted by Gasteiger charge is 2.29. The molecule has 0 aliphatic carbocycles. The smallest absolute Gasteiger partial charge is 0.387 e. The predicted octanol–water partition coefficient (Wildman–Crippen LogP) is 2.14. The fraction of sp³-hybridized carbons (Fsp3) is 0.562. The third kappa shape index (κ3) is 5.64. The van der Waals surface area contributed by atoms with Crippen molar-refractivity contribution in [2.24, 2.45) is 5.92 Å². The van der Waals surface area contributed by atoms with E-state index in [1.54, 1.807) is 19.1 Å². The summed E-state index contributed by atoms with van der Waals surface area (Å²) in [5, 5.41) is 2.88. The number of sulfonamides is 1. The van der Waals surface area contributed by atoms with Crippen LogP contribution < -0.4 is 10.1 Å². The van der Waals surface area contributed by atoms with Gasteiger partial charge in [0.05, 0.1) is 12.3 Å². The number of piperidine rings is 1. The van der Waals surface area contributed by atoms with Crippen LogP contribution in [0.4, 0.5) is 8.78 Å². The van der Waals surface area contributed by atoms with Crippen molar-refractivity contribution in [3.8, 4) is 5.75 Å². The molecular formula is C16H22F2N2O4S. The van der Waals surface area contributed by atoms with E-state index >= 15 is 0 Å². The van der Waals surface area contributed by atoms with Gasteiger partial charge in [-0.1, -0.05) is 12.1 Å². The van der Waals surface area contributed by atoms with Crippen molar-refractivity contribution in [1.29, 1.82) is 0 Å². The summed E-state index contributed by atoms with van der Waals surface area (Å²) in [7, 11) is -3.22. The Hall–Kier alpha value is -1.74. The normalized spacial score (nSPS) is 18.1. The van der Waals surface area contributed by atoms with Crippen molar-refractivity contribution < 1.29 is 26.7 Å². The molecule has 0 spiro atoms. The lowest BCUT2D eigenvalue weighted by Crippen LogP contribution is -2.43. The number of halogens is 2. The van der Waals surface area contributed by atoms with Gasteiger partial charge in [0.25, 0.3) is 0 Å². The second-order valence-corrected chi connectivity index (χ2v) is 8.10. The molecule has 1 aliphatic heterocycles. The zero-order chi connectivity index (χ0) is 18.6. The number of nitrogens with one attached hydrogen (secondary N) is 1. The van der Waals surface area contributed by atoms with E-state index in [4.69, 9.17) is 0 Å². The summed E-state index contributed by atoms with van der Waals surface area (Å²) < 4.78 is 52.9. The Bertz CT molecular complexity index is 687. The van der Waals surface area contributed by atoms with Crippen LogP contribution in [0.25, 0.3) is 0 Å². The Labute approximate surface area is 146 Å². The quantitative estimate of drug-likeness (QED) is 0.825. The Morgan fingerprint density at radius 3 is 2.28 bits per heavy atom. The minimum atomic E-state index is -3.22. The number of carbonyl (C=O) groups is 1. The second-order valence-electron chi connectivity index (χ2n) is 6.11. The van der Waals surface area contributed by atoms with Gasteiger partial charge >= 0.3 is 6.61 Å². The summed E-state index contributed by atoms with van der Waals surface area (Å²) in [4.78, 5) is 12.3. The molecule has 1 N–H and O–H groups in total. The SMILES string of the molecule is CC(NC(=O)C1CCN(S(C)(=O)=O)CC1)c1ccc(OC(F)F)cc1. The van der Waals surface area contributed by atoms with E-state index in [1.165, 1.54) is 16.4 Å². The van der Waals surface area contributed by atoms with Crippen LogP contribution in [0.15, 0.2) is 24.3 Å². The molecule has 9 heteroatoms. The van der Waals surface area contributed by atoms with Crippen molar-refractivity contribution in [2.75, 3.05) is 19.3 Å². The summed E-state index contributed by atoms with van der Waals surface area (Å²) >= 11 is 0. The molecule has 1 unspecified atom stereocenters. The van der Waals surface area contributed by atoms with E-state index in [1.807, 2.05) is 0 Å². The zero-order valence-corrected chi connectivity index (χ0v) is 14.9.